The zero-order valence-electron chi connectivity index (χ0n) is 11.1. The summed E-state index contributed by atoms with van der Waals surface area (Å²) in [6.07, 6.45) is 8.04. The predicted octanol–water partition coefficient (Wildman–Crippen LogP) is 1.22. The van der Waals surface area contributed by atoms with E-state index in [9.17, 15) is 4.79 Å². The number of aliphatic hydroxyl groups is 1. The molecule has 2 aliphatic rings. The summed E-state index contributed by atoms with van der Waals surface area (Å²) in [7, 11) is 0. The van der Waals surface area contributed by atoms with E-state index in [2.05, 4.69) is 4.90 Å². The number of hydrogen-bond donors (Lipinski definition) is 1. The van der Waals surface area contributed by atoms with Crippen molar-refractivity contribution >= 4 is 6.29 Å². The van der Waals surface area contributed by atoms with E-state index in [0.717, 1.165) is 32.5 Å². The molecule has 1 saturated heterocycles. The van der Waals surface area contributed by atoms with Gasteiger partial charge in [0.15, 0.2) is 0 Å². The van der Waals surface area contributed by atoms with Crippen LogP contribution in [-0.4, -0.2) is 55.2 Å². The molecule has 1 atom stereocenters. The van der Waals surface area contributed by atoms with Gasteiger partial charge in [-0.15, -0.1) is 0 Å². The Bertz CT molecular complexity index is 262. The third-order valence-corrected chi connectivity index (χ3v) is 4.31. The lowest BCUT2D eigenvalue weighted by Crippen LogP contribution is -2.48. The number of morpholine rings is 1. The van der Waals surface area contributed by atoms with Gasteiger partial charge in [-0.3, -0.25) is 4.90 Å². The maximum absolute atomic E-state index is 11.6. The van der Waals surface area contributed by atoms with Crippen LogP contribution in [0.25, 0.3) is 0 Å². The van der Waals surface area contributed by atoms with Crippen molar-refractivity contribution in [3.05, 3.63) is 0 Å². The summed E-state index contributed by atoms with van der Waals surface area (Å²) < 4.78 is 5.46. The number of hydrogen-bond acceptors (Lipinski definition) is 4. The Kier molecular flexibility index (Phi) is 5.15. The summed E-state index contributed by atoms with van der Waals surface area (Å²) in [5.41, 5.74) is -0.145. The second-order valence-corrected chi connectivity index (χ2v) is 5.80. The van der Waals surface area contributed by atoms with E-state index < -0.39 is 0 Å². The first kappa shape index (κ1) is 14.0. The molecule has 0 aromatic carbocycles. The van der Waals surface area contributed by atoms with Gasteiger partial charge in [0.05, 0.1) is 19.3 Å². The molecule has 1 N–H and O–H groups in total. The van der Waals surface area contributed by atoms with Gasteiger partial charge >= 0.3 is 0 Å². The molecule has 0 aromatic heterocycles. The molecule has 0 spiro atoms. The maximum atomic E-state index is 11.6. The van der Waals surface area contributed by atoms with E-state index in [-0.39, 0.29) is 18.1 Å². The average molecular weight is 255 g/mol. The van der Waals surface area contributed by atoms with Crippen molar-refractivity contribution < 1.29 is 14.6 Å². The minimum absolute atomic E-state index is 0.0740. The molecule has 18 heavy (non-hydrogen) atoms. The zero-order chi connectivity index (χ0) is 12.8. The van der Waals surface area contributed by atoms with Gasteiger partial charge in [-0.05, 0) is 12.8 Å². The van der Waals surface area contributed by atoms with Gasteiger partial charge in [-0.2, -0.15) is 0 Å². The molecule has 2 rings (SSSR count). The molecular formula is C14H25NO3. The highest BCUT2D eigenvalue weighted by Gasteiger charge is 2.34. The van der Waals surface area contributed by atoms with E-state index in [0.29, 0.717) is 6.61 Å². The highest BCUT2D eigenvalue weighted by atomic mass is 16.5. The number of aldehydes is 1. The Hall–Kier alpha value is -0.450. The van der Waals surface area contributed by atoms with Crippen molar-refractivity contribution in [3.63, 3.8) is 0 Å². The summed E-state index contributed by atoms with van der Waals surface area (Å²) in [5.74, 6) is 0. The van der Waals surface area contributed by atoms with Crippen molar-refractivity contribution in [1.29, 1.82) is 0 Å². The number of nitrogens with zero attached hydrogens (tertiary/aromatic N) is 1. The first-order valence-corrected chi connectivity index (χ1v) is 7.19. The Morgan fingerprint density at radius 1 is 1.28 bits per heavy atom. The first-order chi connectivity index (χ1) is 8.78. The van der Waals surface area contributed by atoms with Crippen LogP contribution in [-0.2, 0) is 9.53 Å². The smallest absolute Gasteiger partial charge is 0.127 e. The van der Waals surface area contributed by atoms with E-state index in [1.54, 1.807) is 0 Å². The largest absolute Gasteiger partial charge is 0.394 e. The lowest BCUT2D eigenvalue weighted by molar-refractivity contribution is -0.120. The van der Waals surface area contributed by atoms with E-state index >= 15 is 0 Å². The fraction of sp³-hybridized carbons (Fsp3) is 0.929. The van der Waals surface area contributed by atoms with Crippen LogP contribution in [0.15, 0.2) is 0 Å². The number of carbonyl (C=O) groups excluding carboxylic acids is 1. The third kappa shape index (κ3) is 3.53. The van der Waals surface area contributed by atoms with Gasteiger partial charge in [0.1, 0.15) is 6.29 Å². The molecule has 2 fully saturated rings. The second kappa shape index (κ2) is 6.64. The molecule has 4 nitrogen and oxygen atoms in total. The molecule has 4 heteroatoms. The van der Waals surface area contributed by atoms with E-state index in [1.807, 2.05) is 0 Å². The highest BCUT2D eigenvalue weighted by molar-refractivity contribution is 5.59. The summed E-state index contributed by atoms with van der Waals surface area (Å²) in [6.45, 7) is 3.22. The van der Waals surface area contributed by atoms with Crippen molar-refractivity contribution in [1.82, 2.24) is 4.90 Å². The molecule has 1 heterocycles. The molecule has 0 radical (unpaired) electrons. The minimum atomic E-state index is -0.145. The summed E-state index contributed by atoms with van der Waals surface area (Å²) in [5, 5.41) is 9.16. The Morgan fingerprint density at radius 3 is 2.61 bits per heavy atom. The quantitative estimate of drug-likeness (QED) is 0.606. The second-order valence-electron chi connectivity index (χ2n) is 5.80. The monoisotopic (exact) mass is 255 g/mol. The van der Waals surface area contributed by atoms with Crippen LogP contribution in [0.2, 0.25) is 0 Å². The topological polar surface area (TPSA) is 49.8 Å². The average Bonchev–Trinajstić information content (AvgIpc) is 2.65. The number of rotatable bonds is 4. The number of aliphatic hydroxyl groups excluding tert-OH is 1. The van der Waals surface area contributed by atoms with Gasteiger partial charge in [0.25, 0.3) is 0 Å². The minimum Gasteiger partial charge on any atom is -0.394 e. The van der Waals surface area contributed by atoms with Crippen LogP contribution in [0.3, 0.4) is 0 Å². The molecule has 1 aliphatic carbocycles. The van der Waals surface area contributed by atoms with Crippen LogP contribution in [0.4, 0.5) is 0 Å². The standard InChI is InChI=1S/C14H25NO3/c16-10-13-9-15(7-8-18-13)11-14(12-17)5-3-1-2-4-6-14/h12-13,16H,1-11H2. The summed E-state index contributed by atoms with van der Waals surface area (Å²) >= 11 is 0. The van der Waals surface area contributed by atoms with Gasteiger partial charge in [-0.25, -0.2) is 0 Å². The molecule has 1 saturated carbocycles. The molecule has 1 unspecified atom stereocenters. The molecule has 0 bridgehead atoms. The fourth-order valence-corrected chi connectivity index (χ4v) is 3.23. The third-order valence-electron chi connectivity index (χ3n) is 4.31. The normalized spacial score (nSPS) is 29.7. The van der Waals surface area contributed by atoms with Crippen molar-refractivity contribution in [3.8, 4) is 0 Å². The maximum Gasteiger partial charge on any atom is 0.127 e. The number of ether oxygens (including phenoxy) is 1. The van der Waals surface area contributed by atoms with E-state index in [4.69, 9.17) is 9.84 Å². The zero-order valence-corrected chi connectivity index (χ0v) is 11.1. The summed E-state index contributed by atoms with van der Waals surface area (Å²) in [6, 6.07) is 0. The molecule has 1 aliphatic heterocycles. The molecule has 104 valence electrons. The van der Waals surface area contributed by atoms with Crippen LogP contribution in [0.5, 0.6) is 0 Å². The summed E-state index contributed by atoms with van der Waals surface area (Å²) in [4.78, 5) is 13.8. The van der Waals surface area contributed by atoms with Crippen molar-refractivity contribution in [2.45, 2.75) is 44.6 Å². The van der Waals surface area contributed by atoms with Gasteiger partial charge < -0.3 is 14.6 Å². The Labute approximate surface area is 109 Å². The van der Waals surface area contributed by atoms with Crippen LogP contribution < -0.4 is 0 Å². The van der Waals surface area contributed by atoms with Gasteiger partial charge in [-0.1, -0.05) is 25.7 Å². The predicted molar refractivity (Wildman–Crippen MR) is 69.5 cm³/mol. The fourth-order valence-electron chi connectivity index (χ4n) is 3.23. The van der Waals surface area contributed by atoms with Gasteiger partial charge in [0.2, 0.25) is 0 Å². The first-order valence-electron chi connectivity index (χ1n) is 7.19. The Morgan fingerprint density at radius 2 is 2.00 bits per heavy atom. The Balaban J connectivity index is 1.93. The van der Waals surface area contributed by atoms with Crippen LogP contribution in [0.1, 0.15) is 38.5 Å². The molecule has 0 amide bonds. The lowest BCUT2D eigenvalue weighted by Gasteiger charge is -2.38. The van der Waals surface area contributed by atoms with Crippen molar-refractivity contribution in [2.24, 2.45) is 5.41 Å². The highest BCUT2D eigenvalue weighted by Crippen LogP contribution is 2.34. The number of carbonyl (C=O) groups is 1. The van der Waals surface area contributed by atoms with Crippen LogP contribution in [0, 0.1) is 5.41 Å². The molecular weight excluding hydrogens is 230 g/mol. The SMILES string of the molecule is O=CC1(CN2CCOC(CO)C2)CCCCCC1. The lowest BCUT2D eigenvalue weighted by atomic mass is 9.81. The molecule has 0 aromatic rings. The van der Waals surface area contributed by atoms with Crippen LogP contribution >= 0.6 is 0 Å². The van der Waals surface area contributed by atoms with E-state index in [1.165, 1.54) is 32.0 Å². The van der Waals surface area contributed by atoms with Gasteiger partial charge in [0, 0.05) is 25.0 Å². The van der Waals surface area contributed by atoms with Crippen molar-refractivity contribution in [2.75, 3.05) is 32.8 Å².